The molecule has 0 saturated carbocycles. The third kappa shape index (κ3) is 6.25. The summed E-state index contributed by atoms with van der Waals surface area (Å²) in [6.07, 6.45) is 9.26. The number of pyridine rings is 1. The Balaban J connectivity index is 1.23. The third-order valence-corrected chi connectivity index (χ3v) is 5.89. The van der Waals surface area contributed by atoms with Crippen molar-refractivity contribution in [3.8, 4) is 0 Å². The predicted octanol–water partition coefficient (Wildman–Crippen LogP) is 3.40. The van der Waals surface area contributed by atoms with Gasteiger partial charge in [-0.15, -0.1) is 0 Å². The lowest BCUT2D eigenvalue weighted by Gasteiger charge is -2.32. The minimum absolute atomic E-state index is 0.0345. The van der Waals surface area contributed by atoms with Gasteiger partial charge in [0, 0.05) is 50.7 Å². The number of carbonyl (C=O) groups is 1. The summed E-state index contributed by atoms with van der Waals surface area (Å²) in [6.45, 7) is 8.58. The van der Waals surface area contributed by atoms with Crippen LogP contribution in [-0.4, -0.2) is 64.1 Å². The molecular weight excluding hydrogens is 439 g/mol. The summed E-state index contributed by atoms with van der Waals surface area (Å²) in [7, 11) is 0. The molecule has 2 aliphatic heterocycles. The fraction of sp³-hybridized carbons (Fsp3) is 0.542. The maximum Gasteiger partial charge on any atom is 0.410 e. The Bertz CT molecular complexity index is 1020. The van der Waals surface area contributed by atoms with Crippen LogP contribution in [0.5, 0.6) is 0 Å². The molecule has 0 aliphatic carbocycles. The molecule has 1 amide bonds. The monoisotopic (exact) mass is 472 g/mol. The van der Waals surface area contributed by atoms with E-state index in [9.17, 15) is 9.18 Å². The van der Waals surface area contributed by atoms with Crippen molar-refractivity contribution in [1.82, 2.24) is 25.1 Å². The number of nitrogens with one attached hydrogen (secondary N) is 1. The van der Waals surface area contributed by atoms with Crippen molar-refractivity contribution in [3.63, 3.8) is 0 Å². The van der Waals surface area contributed by atoms with E-state index >= 15 is 0 Å². The first-order valence-corrected chi connectivity index (χ1v) is 11.8. The number of amides is 1. The normalized spacial score (nSPS) is 17.1. The van der Waals surface area contributed by atoms with Crippen LogP contribution in [0, 0.1) is 12.7 Å². The molecule has 0 radical (unpaired) electrons. The fourth-order valence-corrected chi connectivity index (χ4v) is 4.08. The molecule has 2 aromatic heterocycles. The average Bonchev–Trinajstić information content (AvgIpc) is 3.22. The molecule has 34 heavy (non-hydrogen) atoms. The van der Waals surface area contributed by atoms with Gasteiger partial charge in [0.05, 0.1) is 24.9 Å². The van der Waals surface area contributed by atoms with Crippen LogP contribution in [0.25, 0.3) is 0 Å². The van der Waals surface area contributed by atoms with Gasteiger partial charge in [-0.05, 0) is 56.9 Å². The smallest absolute Gasteiger partial charge is 0.410 e. The molecule has 0 aromatic carbocycles. The van der Waals surface area contributed by atoms with Gasteiger partial charge in [0.2, 0.25) is 0 Å². The number of anilines is 1. The second kappa shape index (κ2) is 10.9. The van der Waals surface area contributed by atoms with E-state index in [2.05, 4.69) is 15.6 Å². The van der Waals surface area contributed by atoms with Crippen LogP contribution in [0.3, 0.4) is 0 Å². The van der Waals surface area contributed by atoms with E-state index in [4.69, 9.17) is 9.57 Å². The molecule has 10 heteroatoms. The number of rotatable bonds is 7. The summed E-state index contributed by atoms with van der Waals surface area (Å²) in [5.41, 5.74) is 5.88. The lowest BCUT2D eigenvalue weighted by Crippen LogP contribution is -2.43. The summed E-state index contributed by atoms with van der Waals surface area (Å²) in [6, 6.07) is 1.53. The van der Waals surface area contributed by atoms with Crippen LogP contribution < -0.4 is 10.4 Å². The molecule has 184 valence electrons. The first-order valence-electron chi connectivity index (χ1n) is 11.8. The Hall–Kier alpha value is -3.14. The Morgan fingerprint density at radius 3 is 2.68 bits per heavy atom. The zero-order chi connectivity index (χ0) is 24.1. The number of likely N-dealkylation sites (tertiary alicyclic amines) is 1. The summed E-state index contributed by atoms with van der Waals surface area (Å²) in [5, 5.41) is 4.24. The van der Waals surface area contributed by atoms with E-state index in [0.29, 0.717) is 45.0 Å². The Kier molecular flexibility index (Phi) is 7.66. The van der Waals surface area contributed by atoms with Gasteiger partial charge in [0.1, 0.15) is 0 Å². The summed E-state index contributed by atoms with van der Waals surface area (Å²) >= 11 is 0. The largest absolute Gasteiger partial charge is 0.447 e. The maximum atomic E-state index is 14.8. The average molecular weight is 473 g/mol. The van der Waals surface area contributed by atoms with E-state index in [-0.39, 0.29) is 24.1 Å². The van der Waals surface area contributed by atoms with Gasteiger partial charge < -0.3 is 14.5 Å². The molecule has 2 aliphatic rings. The second-order valence-electron chi connectivity index (χ2n) is 9.13. The summed E-state index contributed by atoms with van der Waals surface area (Å²) in [4.78, 5) is 25.9. The van der Waals surface area contributed by atoms with E-state index in [1.54, 1.807) is 22.0 Å². The van der Waals surface area contributed by atoms with Crippen LogP contribution in [0.15, 0.2) is 36.4 Å². The highest BCUT2D eigenvalue weighted by molar-refractivity contribution is 5.67. The van der Waals surface area contributed by atoms with Gasteiger partial charge in [-0.25, -0.2) is 14.2 Å². The van der Waals surface area contributed by atoms with Gasteiger partial charge in [-0.1, -0.05) is 0 Å². The van der Waals surface area contributed by atoms with Gasteiger partial charge >= 0.3 is 6.09 Å². The minimum Gasteiger partial charge on any atom is -0.447 e. The molecular formula is C24H33FN6O3. The molecule has 0 atom stereocenters. The molecule has 0 spiro atoms. The van der Waals surface area contributed by atoms with Crippen LogP contribution in [0.4, 0.5) is 15.0 Å². The summed E-state index contributed by atoms with van der Waals surface area (Å²) in [5.74, 6) is 0.0301. The highest BCUT2D eigenvalue weighted by atomic mass is 19.1. The molecule has 0 bridgehead atoms. The van der Waals surface area contributed by atoms with Crippen LogP contribution in [0.1, 0.15) is 44.2 Å². The zero-order valence-electron chi connectivity index (χ0n) is 20.0. The number of halogens is 1. The molecule has 1 N–H and O–H groups in total. The Morgan fingerprint density at radius 1 is 1.26 bits per heavy atom. The second-order valence-corrected chi connectivity index (χ2v) is 9.13. The van der Waals surface area contributed by atoms with Crippen LogP contribution in [-0.2, 0) is 16.1 Å². The van der Waals surface area contributed by atoms with Crippen molar-refractivity contribution in [1.29, 1.82) is 0 Å². The molecule has 4 rings (SSSR count). The van der Waals surface area contributed by atoms with Crippen LogP contribution >= 0.6 is 0 Å². The molecule has 0 unspecified atom stereocenters. The zero-order valence-corrected chi connectivity index (χ0v) is 20.0. The van der Waals surface area contributed by atoms with Crippen molar-refractivity contribution in [2.45, 2.75) is 58.8 Å². The molecule has 2 aromatic rings. The number of aromatic nitrogens is 3. The first-order chi connectivity index (χ1) is 16.4. The van der Waals surface area contributed by atoms with Crippen molar-refractivity contribution in [2.75, 3.05) is 31.1 Å². The highest BCUT2D eigenvalue weighted by Gasteiger charge is 2.25. The number of hydrogen-bond donors (Lipinski definition) is 1. The molecule has 4 heterocycles. The van der Waals surface area contributed by atoms with E-state index in [1.165, 1.54) is 6.07 Å². The van der Waals surface area contributed by atoms with E-state index < -0.39 is 0 Å². The van der Waals surface area contributed by atoms with Gasteiger partial charge in [0.15, 0.2) is 11.6 Å². The Labute approximate surface area is 199 Å². The van der Waals surface area contributed by atoms with Crippen molar-refractivity contribution in [2.24, 2.45) is 0 Å². The van der Waals surface area contributed by atoms with Gasteiger partial charge in [-0.3, -0.25) is 15.0 Å². The van der Waals surface area contributed by atoms with Crippen LogP contribution in [0.2, 0.25) is 0 Å². The molecule has 1 saturated heterocycles. The van der Waals surface area contributed by atoms with Gasteiger partial charge in [0.25, 0.3) is 0 Å². The predicted molar refractivity (Wildman–Crippen MR) is 126 cm³/mol. The number of piperidine rings is 1. The molecule has 9 nitrogen and oxygen atoms in total. The SMILES string of the molecule is Cc1cnn(Cc2cnc(N3CC=C(NOC4CCN(C(=O)OC(C)C)CC4)CC3)c(F)c2)c1. The first kappa shape index (κ1) is 24.0. The van der Waals surface area contributed by atoms with E-state index in [1.807, 2.05) is 37.9 Å². The quantitative estimate of drug-likeness (QED) is 0.618. The van der Waals surface area contributed by atoms with Crippen molar-refractivity contribution >= 4 is 11.9 Å². The summed E-state index contributed by atoms with van der Waals surface area (Å²) < 4.78 is 21.8. The molecule has 1 fully saturated rings. The van der Waals surface area contributed by atoms with E-state index in [0.717, 1.165) is 29.7 Å². The standard InChI is InChI=1S/C24H33FN6O3/c1-17(2)33-24(32)30-10-6-21(7-11-30)34-28-20-4-8-29(9-5-20)23-22(25)12-19(14-26-23)16-31-15-18(3)13-27-31/h4,12-15,17,21,28H,5-11,16H2,1-3H3. The van der Waals surface area contributed by atoms with Crippen molar-refractivity contribution < 1.29 is 18.8 Å². The maximum absolute atomic E-state index is 14.8. The van der Waals surface area contributed by atoms with Gasteiger partial charge in [-0.2, -0.15) is 5.10 Å². The lowest BCUT2D eigenvalue weighted by molar-refractivity contribution is -0.0416. The highest BCUT2D eigenvalue weighted by Crippen LogP contribution is 2.22. The fourth-order valence-electron chi connectivity index (χ4n) is 4.08. The number of aryl methyl sites for hydroxylation is 1. The topological polar surface area (TPSA) is 84.8 Å². The number of carbonyl (C=O) groups excluding carboxylic acids is 1. The Morgan fingerprint density at radius 2 is 2.06 bits per heavy atom. The number of hydrogen-bond acceptors (Lipinski definition) is 7. The minimum atomic E-state index is -0.329. The lowest BCUT2D eigenvalue weighted by atomic mass is 10.1. The number of nitrogens with zero attached hydrogens (tertiary/aromatic N) is 5. The number of hydroxylamine groups is 1. The number of ether oxygens (including phenoxy) is 1. The van der Waals surface area contributed by atoms with Crippen molar-refractivity contribution in [3.05, 3.63) is 53.4 Å². The third-order valence-electron chi connectivity index (χ3n) is 5.89.